The number of amides is 1. The topological polar surface area (TPSA) is 47.6 Å². The Morgan fingerprint density at radius 1 is 1.13 bits per heavy atom. The minimum absolute atomic E-state index is 0.190. The number of carbonyl (C=O) groups excluding carboxylic acids is 1. The molecule has 23 heavy (non-hydrogen) atoms. The number of ether oxygens (including phenoxy) is 2. The first-order valence-electron chi connectivity index (χ1n) is 7.52. The van der Waals surface area contributed by atoms with Gasteiger partial charge in [-0.2, -0.15) is 0 Å². The Hall–Kier alpha value is -2.75. The van der Waals surface area contributed by atoms with E-state index < -0.39 is 0 Å². The van der Waals surface area contributed by atoms with Gasteiger partial charge < -0.3 is 14.8 Å². The zero-order valence-corrected chi connectivity index (χ0v) is 13.5. The van der Waals surface area contributed by atoms with Gasteiger partial charge in [-0.1, -0.05) is 30.4 Å². The molecule has 2 aromatic rings. The van der Waals surface area contributed by atoms with Gasteiger partial charge in [-0.25, -0.2) is 0 Å². The number of hydrogen-bond acceptors (Lipinski definition) is 3. The highest BCUT2D eigenvalue weighted by atomic mass is 16.5. The fraction of sp³-hybridized carbons (Fsp3) is 0.211. The van der Waals surface area contributed by atoms with Crippen molar-refractivity contribution in [2.24, 2.45) is 0 Å². The number of nitrogens with one attached hydrogen (secondary N) is 1. The molecule has 2 rings (SSSR count). The lowest BCUT2D eigenvalue weighted by molar-refractivity contribution is 0.102. The number of rotatable bonds is 7. The maximum absolute atomic E-state index is 12.4. The van der Waals surface area contributed by atoms with Crippen molar-refractivity contribution < 1.29 is 14.3 Å². The Morgan fingerprint density at radius 2 is 1.87 bits per heavy atom. The van der Waals surface area contributed by atoms with Gasteiger partial charge in [0.1, 0.15) is 6.61 Å². The second kappa shape index (κ2) is 8.03. The van der Waals surface area contributed by atoms with Gasteiger partial charge in [-0.15, -0.1) is 0 Å². The summed E-state index contributed by atoms with van der Waals surface area (Å²) in [5.74, 6) is 0.953. The molecular formula is C19H21NO3. The maximum atomic E-state index is 12.4. The van der Waals surface area contributed by atoms with E-state index in [9.17, 15) is 4.79 Å². The molecule has 2 aromatic carbocycles. The summed E-state index contributed by atoms with van der Waals surface area (Å²) in [7, 11) is 0. The third kappa shape index (κ3) is 4.61. The summed E-state index contributed by atoms with van der Waals surface area (Å²) >= 11 is 0. The number of anilines is 1. The van der Waals surface area contributed by atoms with Crippen LogP contribution in [-0.2, 0) is 0 Å². The van der Waals surface area contributed by atoms with E-state index in [1.165, 1.54) is 0 Å². The van der Waals surface area contributed by atoms with Crippen LogP contribution in [0.15, 0.2) is 55.1 Å². The first-order valence-corrected chi connectivity index (χ1v) is 7.52. The van der Waals surface area contributed by atoms with Crippen molar-refractivity contribution in [3.8, 4) is 11.5 Å². The molecule has 0 aliphatic carbocycles. The zero-order chi connectivity index (χ0) is 16.7. The van der Waals surface area contributed by atoms with Crippen molar-refractivity contribution in [2.45, 2.75) is 13.8 Å². The lowest BCUT2D eigenvalue weighted by Crippen LogP contribution is -2.12. The number of carbonyl (C=O) groups is 1. The summed E-state index contributed by atoms with van der Waals surface area (Å²) in [6, 6.07) is 12.8. The summed E-state index contributed by atoms with van der Waals surface area (Å²) in [4.78, 5) is 12.4. The molecule has 1 amide bonds. The summed E-state index contributed by atoms with van der Waals surface area (Å²) in [6.07, 6.45) is 1.66. The summed E-state index contributed by atoms with van der Waals surface area (Å²) < 4.78 is 11.1. The molecule has 0 unspecified atom stereocenters. The average molecular weight is 311 g/mol. The molecule has 0 aliphatic heterocycles. The van der Waals surface area contributed by atoms with Crippen LogP contribution in [0, 0.1) is 6.92 Å². The van der Waals surface area contributed by atoms with Crippen LogP contribution < -0.4 is 14.8 Å². The van der Waals surface area contributed by atoms with E-state index in [0.29, 0.717) is 30.3 Å². The molecule has 0 atom stereocenters. The molecule has 0 spiro atoms. The fourth-order valence-corrected chi connectivity index (χ4v) is 2.03. The highest BCUT2D eigenvalue weighted by Gasteiger charge is 2.11. The molecule has 1 N–H and O–H groups in total. The third-order valence-corrected chi connectivity index (χ3v) is 3.17. The molecule has 4 nitrogen and oxygen atoms in total. The second-order valence-electron chi connectivity index (χ2n) is 5.01. The SMILES string of the molecule is C=CCOc1ccc(C(=O)Nc2ccc(C)cc2)cc1OCC. The number of hydrogen-bond donors (Lipinski definition) is 1. The van der Waals surface area contributed by atoms with Crippen molar-refractivity contribution in [3.05, 3.63) is 66.2 Å². The summed E-state index contributed by atoms with van der Waals surface area (Å²) in [5, 5.41) is 2.87. The molecule has 0 fully saturated rings. The molecule has 0 heterocycles. The van der Waals surface area contributed by atoms with E-state index in [1.807, 2.05) is 38.1 Å². The average Bonchev–Trinajstić information content (AvgIpc) is 2.56. The Bertz CT molecular complexity index is 678. The van der Waals surface area contributed by atoms with Crippen LogP contribution in [0.25, 0.3) is 0 Å². The van der Waals surface area contributed by atoms with Gasteiger partial charge in [0, 0.05) is 11.3 Å². The van der Waals surface area contributed by atoms with Crippen molar-refractivity contribution in [1.82, 2.24) is 0 Å². The molecule has 120 valence electrons. The standard InChI is InChI=1S/C19H21NO3/c1-4-12-23-17-11-8-15(13-18(17)22-5-2)19(21)20-16-9-6-14(3)7-10-16/h4,6-11,13H,1,5,12H2,2-3H3,(H,20,21). The van der Waals surface area contributed by atoms with Crippen LogP contribution in [0.3, 0.4) is 0 Å². The van der Waals surface area contributed by atoms with Gasteiger partial charge in [0.25, 0.3) is 5.91 Å². The maximum Gasteiger partial charge on any atom is 0.255 e. The van der Waals surface area contributed by atoms with Gasteiger partial charge in [0.2, 0.25) is 0 Å². The van der Waals surface area contributed by atoms with Crippen LogP contribution in [0.4, 0.5) is 5.69 Å². The summed E-state index contributed by atoms with van der Waals surface area (Å²) in [5.41, 5.74) is 2.41. The third-order valence-electron chi connectivity index (χ3n) is 3.17. The van der Waals surface area contributed by atoms with Gasteiger partial charge in [-0.3, -0.25) is 4.79 Å². The monoisotopic (exact) mass is 311 g/mol. The van der Waals surface area contributed by atoms with Gasteiger partial charge in [0.15, 0.2) is 11.5 Å². The Morgan fingerprint density at radius 3 is 2.52 bits per heavy atom. The highest BCUT2D eigenvalue weighted by Crippen LogP contribution is 2.29. The lowest BCUT2D eigenvalue weighted by Gasteiger charge is -2.12. The van der Waals surface area contributed by atoms with Crippen LogP contribution in [-0.4, -0.2) is 19.1 Å². The van der Waals surface area contributed by atoms with E-state index in [-0.39, 0.29) is 5.91 Å². The first kappa shape index (κ1) is 16.6. The summed E-state index contributed by atoms with van der Waals surface area (Å²) in [6.45, 7) is 8.38. The normalized spacial score (nSPS) is 10.0. The predicted octanol–water partition coefficient (Wildman–Crippen LogP) is 4.21. The largest absolute Gasteiger partial charge is 0.490 e. The lowest BCUT2D eigenvalue weighted by atomic mass is 10.1. The molecule has 0 bridgehead atoms. The van der Waals surface area contributed by atoms with Crippen molar-refractivity contribution in [3.63, 3.8) is 0 Å². The Labute approximate surface area is 136 Å². The highest BCUT2D eigenvalue weighted by molar-refractivity contribution is 6.04. The van der Waals surface area contributed by atoms with E-state index in [1.54, 1.807) is 24.3 Å². The van der Waals surface area contributed by atoms with Crippen molar-refractivity contribution in [1.29, 1.82) is 0 Å². The Kier molecular flexibility index (Phi) is 5.80. The molecule has 0 saturated heterocycles. The second-order valence-corrected chi connectivity index (χ2v) is 5.01. The molecule has 0 aromatic heterocycles. The molecule has 0 saturated carbocycles. The predicted molar refractivity (Wildman–Crippen MR) is 92.4 cm³/mol. The minimum atomic E-state index is -0.190. The van der Waals surface area contributed by atoms with Gasteiger partial charge >= 0.3 is 0 Å². The molecule has 0 aliphatic rings. The van der Waals surface area contributed by atoms with Gasteiger partial charge in [0.05, 0.1) is 6.61 Å². The van der Waals surface area contributed by atoms with Crippen LogP contribution in [0.5, 0.6) is 11.5 Å². The van der Waals surface area contributed by atoms with Crippen LogP contribution in [0.2, 0.25) is 0 Å². The zero-order valence-electron chi connectivity index (χ0n) is 13.5. The molecular weight excluding hydrogens is 290 g/mol. The van der Waals surface area contributed by atoms with E-state index in [2.05, 4.69) is 11.9 Å². The van der Waals surface area contributed by atoms with E-state index >= 15 is 0 Å². The van der Waals surface area contributed by atoms with E-state index in [4.69, 9.17) is 9.47 Å². The van der Waals surface area contributed by atoms with Crippen molar-refractivity contribution in [2.75, 3.05) is 18.5 Å². The number of benzene rings is 2. The number of aryl methyl sites for hydroxylation is 1. The van der Waals surface area contributed by atoms with Crippen LogP contribution >= 0.6 is 0 Å². The van der Waals surface area contributed by atoms with E-state index in [0.717, 1.165) is 11.3 Å². The fourth-order valence-electron chi connectivity index (χ4n) is 2.03. The quantitative estimate of drug-likeness (QED) is 0.779. The van der Waals surface area contributed by atoms with Crippen LogP contribution in [0.1, 0.15) is 22.8 Å². The molecule has 0 radical (unpaired) electrons. The molecule has 4 heteroatoms. The minimum Gasteiger partial charge on any atom is -0.490 e. The first-order chi connectivity index (χ1) is 11.1. The smallest absolute Gasteiger partial charge is 0.255 e. The van der Waals surface area contributed by atoms with Crippen molar-refractivity contribution >= 4 is 11.6 Å². The Balaban J connectivity index is 2.17. The van der Waals surface area contributed by atoms with Gasteiger partial charge in [-0.05, 0) is 44.2 Å².